The van der Waals surface area contributed by atoms with E-state index in [1.807, 2.05) is 11.8 Å². The van der Waals surface area contributed by atoms with E-state index in [1.165, 1.54) is 17.6 Å². The largest absolute Gasteiger partial charge is 0.235 e. The van der Waals surface area contributed by atoms with Crippen LogP contribution < -0.4 is 0 Å². The molecule has 0 aromatic heterocycles. The van der Waals surface area contributed by atoms with Crippen LogP contribution in [0.2, 0.25) is 0 Å². The highest BCUT2D eigenvalue weighted by molar-refractivity contribution is 8.07. The number of carbonyl (C=O) groups excluding carboxylic acids is 1. The summed E-state index contributed by atoms with van der Waals surface area (Å²) in [6, 6.07) is 0. The summed E-state index contributed by atoms with van der Waals surface area (Å²) in [6.07, 6.45) is 1.52. The zero-order chi connectivity index (χ0) is 6.53. The van der Waals surface area contributed by atoms with Crippen LogP contribution in [0.3, 0.4) is 0 Å². The van der Waals surface area contributed by atoms with Crippen LogP contribution in [0.25, 0.3) is 0 Å². The number of aliphatic imine (C=N–C) groups is 1. The molecule has 1 aliphatic heterocycles. The lowest BCUT2D eigenvalue weighted by atomic mass is 10.5. The Bertz CT molecular complexity index is 129. The monoisotopic (exact) mass is 161 g/mol. The number of hydrogen-bond donors (Lipinski definition) is 0. The fourth-order valence-corrected chi connectivity index (χ4v) is 2.59. The Morgan fingerprint density at radius 1 is 1.78 bits per heavy atom. The normalized spacial score (nSPS) is 18.2. The third-order valence-electron chi connectivity index (χ3n) is 1.05. The molecule has 0 atom stereocenters. The van der Waals surface area contributed by atoms with Gasteiger partial charge in [0.05, 0.1) is 5.88 Å². The lowest BCUT2D eigenvalue weighted by Crippen LogP contribution is -2.20. The summed E-state index contributed by atoms with van der Waals surface area (Å²) in [5, 5.41) is 0.743. The molecule has 0 bridgehead atoms. The molecule has 0 N–H and O–H groups in total. The van der Waals surface area contributed by atoms with Crippen molar-refractivity contribution in [2.24, 2.45) is 4.99 Å². The molecule has 4 heteroatoms. The molecule has 0 radical (unpaired) electrons. The maximum atomic E-state index is 9.58. The van der Waals surface area contributed by atoms with Gasteiger partial charge in [0.25, 0.3) is 0 Å². The minimum absolute atomic E-state index is 0.592. The minimum Gasteiger partial charge on any atom is -0.211 e. The lowest BCUT2D eigenvalue weighted by Gasteiger charge is -2.22. The van der Waals surface area contributed by atoms with E-state index in [0.29, 0.717) is 5.88 Å². The molecular formula is C5H7NOS2. The smallest absolute Gasteiger partial charge is 0.211 e. The second-order valence-electron chi connectivity index (χ2n) is 1.70. The van der Waals surface area contributed by atoms with Crippen molar-refractivity contribution < 1.29 is 4.79 Å². The maximum Gasteiger partial charge on any atom is 0.235 e. The quantitative estimate of drug-likeness (QED) is 0.459. The van der Waals surface area contributed by atoms with Crippen molar-refractivity contribution in [3.8, 4) is 0 Å². The zero-order valence-corrected chi connectivity index (χ0v) is 6.50. The van der Waals surface area contributed by atoms with Gasteiger partial charge in [0, 0.05) is 16.8 Å². The van der Waals surface area contributed by atoms with E-state index in [1.54, 1.807) is 11.8 Å². The molecule has 0 aromatic carbocycles. The van der Waals surface area contributed by atoms with Gasteiger partial charge in [-0.1, -0.05) is 0 Å². The van der Waals surface area contributed by atoms with Crippen LogP contribution in [0.5, 0.6) is 0 Å². The first-order valence-electron chi connectivity index (χ1n) is 2.66. The molecule has 1 fully saturated rings. The summed E-state index contributed by atoms with van der Waals surface area (Å²) in [7, 11) is 0. The molecule has 0 amide bonds. The van der Waals surface area contributed by atoms with E-state index in [9.17, 15) is 4.79 Å². The highest BCUT2D eigenvalue weighted by atomic mass is 32.2. The van der Waals surface area contributed by atoms with E-state index in [2.05, 4.69) is 4.99 Å². The van der Waals surface area contributed by atoms with Gasteiger partial charge in [-0.2, -0.15) is 16.8 Å². The molecule has 1 saturated heterocycles. The minimum atomic E-state index is 0.592. The van der Waals surface area contributed by atoms with Gasteiger partial charge in [-0.05, 0) is 0 Å². The molecular weight excluding hydrogens is 154 g/mol. The van der Waals surface area contributed by atoms with Gasteiger partial charge < -0.3 is 0 Å². The Labute approximate surface area is 62.5 Å². The molecule has 0 spiro atoms. The van der Waals surface area contributed by atoms with Crippen molar-refractivity contribution >= 4 is 29.6 Å². The summed E-state index contributed by atoms with van der Waals surface area (Å²) in [6.45, 7) is 0. The zero-order valence-electron chi connectivity index (χ0n) is 4.87. The van der Waals surface area contributed by atoms with Gasteiger partial charge >= 0.3 is 0 Å². The van der Waals surface area contributed by atoms with Gasteiger partial charge in [0.15, 0.2) is 0 Å². The fourth-order valence-electron chi connectivity index (χ4n) is 0.479. The first kappa shape index (κ1) is 7.19. The van der Waals surface area contributed by atoms with Crippen molar-refractivity contribution in [1.29, 1.82) is 0 Å². The summed E-state index contributed by atoms with van der Waals surface area (Å²) >= 11 is 3.68. The molecule has 1 rings (SSSR count). The van der Waals surface area contributed by atoms with Crippen LogP contribution in [0, 0.1) is 0 Å². The summed E-state index contributed by atoms with van der Waals surface area (Å²) in [4.78, 5) is 13.0. The fraction of sp³-hybridized carbons (Fsp3) is 0.800. The van der Waals surface area contributed by atoms with Gasteiger partial charge in [0.1, 0.15) is 0 Å². The van der Waals surface area contributed by atoms with Gasteiger partial charge in [0.2, 0.25) is 6.08 Å². The third-order valence-corrected chi connectivity index (χ3v) is 3.83. The first-order chi connectivity index (χ1) is 4.43. The second-order valence-corrected chi connectivity index (χ2v) is 4.04. The van der Waals surface area contributed by atoms with Crippen LogP contribution in [0.4, 0.5) is 0 Å². The average molecular weight is 161 g/mol. The van der Waals surface area contributed by atoms with E-state index in [0.717, 1.165) is 5.25 Å². The van der Waals surface area contributed by atoms with Crippen molar-refractivity contribution in [1.82, 2.24) is 0 Å². The lowest BCUT2D eigenvalue weighted by molar-refractivity contribution is 0.564. The number of hydrogen-bond acceptors (Lipinski definition) is 4. The van der Waals surface area contributed by atoms with Crippen LogP contribution in [-0.2, 0) is 4.79 Å². The SMILES string of the molecule is O=C=NCSC1CSC1. The van der Waals surface area contributed by atoms with E-state index >= 15 is 0 Å². The predicted octanol–water partition coefficient (Wildman–Crippen LogP) is 1.13. The average Bonchev–Trinajstić information content (AvgIpc) is 1.76. The van der Waals surface area contributed by atoms with Crippen LogP contribution in [0.15, 0.2) is 4.99 Å². The standard InChI is InChI=1S/C5H7NOS2/c7-3-6-4-9-5-1-8-2-5/h5H,1-2,4H2. The highest BCUT2D eigenvalue weighted by Gasteiger charge is 2.17. The summed E-state index contributed by atoms with van der Waals surface area (Å²) in [5.41, 5.74) is 0. The predicted molar refractivity (Wildman–Crippen MR) is 41.7 cm³/mol. The highest BCUT2D eigenvalue weighted by Crippen LogP contribution is 2.28. The van der Waals surface area contributed by atoms with E-state index in [-0.39, 0.29) is 0 Å². The summed E-state index contributed by atoms with van der Waals surface area (Å²) < 4.78 is 0. The number of rotatable bonds is 3. The van der Waals surface area contributed by atoms with Crippen LogP contribution >= 0.6 is 23.5 Å². The Hall–Kier alpha value is 0.0800. The number of nitrogens with zero attached hydrogens (tertiary/aromatic N) is 1. The van der Waals surface area contributed by atoms with Crippen molar-refractivity contribution in [2.45, 2.75) is 5.25 Å². The topological polar surface area (TPSA) is 29.4 Å². The molecule has 0 aromatic rings. The van der Waals surface area contributed by atoms with E-state index in [4.69, 9.17) is 0 Å². The Morgan fingerprint density at radius 2 is 2.56 bits per heavy atom. The van der Waals surface area contributed by atoms with Gasteiger partial charge in [-0.25, -0.2) is 4.79 Å². The van der Waals surface area contributed by atoms with E-state index < -0.39 is 0 Å². The Morgan fingerprint density at radius 3 is 3.00 bits per heavy atom. The molecule has 1 aliphatic rings. The Balaban J connectivity index is 1.97. The first-order valence-corrected chi connectivity index (χ1v) is 4.87. The molecule has 0 saturated carbocycles. The number of isocyanates is 1. The van der Waals surface area contributed by atoms with Crippen molar-refractivity contribution in [2.75, 3.05) is 17.4 Å². The third kappa shape index (κ3) is 2.43. The maximum absolute atomic E-state index is 9.58. The molecule has 2 nitrogen and oxygen atoms in total. The summed E-state index contributed by atoms with van der Waals surface area (Å²) in [5.74, 6) is 3.03. The number of thioether (sulfide) groups is 2. The van der Waals surface area contributed by atoms with Crippen LogP contribution in [-0.4, -0.2) is 28.7 Å². The second kappa shape index (κ2) is 3.99. The van der Waals surface area contributed by atoms with Crippen molar-refractivity contribution in [3.63, 3.8) is 0 Å². The molecule has 0 aliphatic carbocycles. The molecule has 0 unspecified atom stereocenters. The van der Waals surface area contributed by atoms with Crippen molar-refractivity contribution in [3.05, 3.63) is 0 Å². The molecule has 50 valence electrons. The molecule has 1 heterocycles. The molecule has 9 heavy (non-hydrogen) atoms. The van der Waals surface area contributed by atoms with Gasteiger partial charge in [-0.15, -0.1) is 11.8 Å². The Kier molecular flexibility index (Phi) is 3.18. The van der Waals surface area contributed by atoms with Crippen LogP contribution in [0.1, 0.15) is 0 Å². The van der Waals surface area contributed by atoms with Gasteiger partial charge in [-0.3, -0.25) is 0 Å².